The second-order valence-electron chi connectivity index (χ2n) is 4.04. The topological polar surface area (TPSA) is 32.9 Å². The fraction of sp³-hybridized carbons (Fsp3) is 0.357. The standard InChI is InChI=1S/C11H11NO.C3H8.H2/c1-7-3-4-10-9(5-7)6-11(12-10)8(2)13;1-3-2;/h3-6,12H,1-2H3;3H2,1-2H3;1H. The summed E-state index contributed by atoms with van der Waals surface area (Å²) in [7, 11) is 0. The molecule has 0 spiro atoms. The highest BCUT2D eigenvalue weighted by molar-refractivity contribution is 5.97. The fourth-order valence-electron chi connectivity index (χ4n) is 1.44. The van der Waals surface area contributed by atoms with E-state index in [0.717, 1.165) is 10.9 Å². The van der Waals surface area contributed by atoms with Crippen LogP contribution in [0, 0.1) is 6.92 Å². The summed E-state index contributed by atoms with van der Waals surface area (Å²) < 4.78 is 0. The van der Waals surface area contributed by atoms with Gasteiger partial charge in [-0.1, -0.05) is 31.9 Å². The molecule has 0 radical (unpaired) electrons. The first kappa shape index (κ1) is 12.5. The van der Waals surface area contributed by atoms with Crippen LogP contribution in [0.1, 0.15) is 44.7 Å². The van der Waals surface area contributed by atoms with Crippen molar-refractivity contribution in [1.82, 2.24) is 4.98 Å². The van der Waals surface area contributed by atoms with Crippen LogP contribution in [-0.4, -0.2) is 10.8 Å². The molecule has 0 atom stereocenters. The SMILES string of the molecule is CC(=O)c1cc2cc(C)ccc2[nH]1.CCC.[HH]. The fourth-order valence-corrected chi connectivity index (χ4v) is 1.44. The smallest absolute Gasteiger partial charge is 0.175 e. The molecular formula is C14H21NO. The Morgan fingerprint density at radius 1 is 1.31 bits per heavy atom. The van der Waals surface area contributed by atoms with Crippen molar-refractivity contribution in [2.45, 2.75) is 34.1 Å². The van der Waals surface area contributed by atoms with E-state index in [1.165, 1.54) is 12.0 Å². The summed E-state index contributed by atoms with van der Waals surface area (Å²) in [5.41, 5.74) is 2.91. The molecule has 1 N–H and O–H groups in total. The molecule has 0 saturated heterocycles. The number of rotatable bonds is 1. The monoisotopic (exact) mass is 219 g/mol. The lowest BCUT2D eigenvalue weighted by atomic mass is 10.2. The minimum Gasteiger partial charge on any atom is -0.352 e. The summed E-state index contributed by atoms with van der Waals surface area (Å²) in [5.74, 6) is 0.0776. The Hall–Kier alpha value is -1.57. The van der Waals surface area contributed by atoms with Gasteiger partial charge in [-0.25, -0.2) is 0 Å². The van der Waals surface area contributed by atoms with Crippen LogP contribution in [0.25, 0.3) is 10.9 Å². The number of ketones is 1. The van der Waals surface area contributed by atoms with Gasteiger partial charge in [0.1, 0.15) is 0 Å². The average molecular weight is 219 g/mol. The molecule has 0 aliphatic heterocycles. The zero-order valence-corrected chi connectivity index (χ0v) is 10.4. The predicted molar refractivity (Wildman–Crippen MR) is 71.1 cm³/mol. The molecule has 2 aromatic rings. The molecular weight excluding hydrogens is 198 g/mol. The van der Waals surface area contributed by atoms with Crippen molar-refractivity contribution in [2.24, 2.45) is 0 Å². The molecule has 16 heavy (non-hydrogen) atoms. The first-order valence-corrected chi connectivity index (χ1v) is 5.68. The maximum atomic E-state index is 11.1. The van der Waals surface area contributed by atoms with Crippen LogP contribution in [0.2, 0.25) is 0 Å². The number of hydrogen-bond donors (Lipinski definition) is 1. The molecule has 1 heterocycles. The summed E-state index contributed by atoms with van der Waals surface area (Å²) in [4.78, 5) is 14.1. The highest BCUT2D eigenvalue weighted by atomic mass is 16.1. The van der Waals surface area contributed by atoms with Crippen molar-refractivity contribution in [3.05, 3.63) is 35.5 Å². The van der Waals surface area contributed by atoms with Crippen LogP contribution < -0.4 is 0 Å². The van der Waals surface area contributed by atoms with Gasteiger partial charge in [-0.15, -0.1) is 0 Å². The number of aromatic nitrogens is 1. The van der Waals surface area contributed by atoms with Crippen molar-refractivity contribution in [2.75, 3.05) is 0 Å². The van der Waals surface area contributed by atoms with Gasteiger partial charge in [0.15, 0.2) is 5.78 Å². The number of carbonyl (C=O) groups excluding carboxylic acids is 1. The number of carbonyl (C=O) groups is 1. The molecule has 88 valence electrons. The number of nitrogens with one attached hydrogen (secondary N) is 1. The molecule has 2 nitrogen and oxygen atoms in total. The van der Waals surface area contributed by atoms with E-state index in [-0.39, 0.29) is 7.21 Å². The van der Waals surface area contributed by atoms with Gasteiger partial charge >= 0.3 is 0 Å². The molecule has 0 amide bonds. The summed E-state index contributed by atoms with van der Waals surface area (Å²) in [6, 6.07) is 7.99. The number of aromatic amines is 1. The normalized spacial score (nSPS) is 9.75. The van der Waals surface area contributed by atoms with Crippen molar-refractivity contribution < 1.29 is 6.22 Å². The van der Waals surface area contributed by atoms with Gasteiger partial charge in [0.05, 0.1) is 5.69 Å². The quantitative estimate of drug-likeness (QED) is 0.711. The Balaban J connectivity index is 0.000000583. The molecule has 0 unspecified atom stereocenters. The minimum atomic E-state index is 0. The van der Waals surface area contributed by atoms with Crippen molar-refractivity contribution in [3.8, 4) is 0 Å². The van der Waals surface area contributed by atoms with Crippen LogP contribution in [0.5, 0.6) is 0 Å². The van der Waals surface area contributed by atoms with E-state index >= 15 is 0 Å². The Labute approximate surface area is 98.2 Å². The molecule has 0 saturated carbocycles. The van der Waals surface area contributed by atoms with Crippen molar-refractivity contribution in [1.29, 1.82) is 0 Å². The van der Waals surface area contributed by atoms with E-state index < -0.39 is 0 Å². The second kappa shape index (κ2) is 5.50. The van der Waals surface area contributed by atoms with Gasteiger partial charge in [-0.2, -0.15) is 0 Å². The summed E-state index contributed by atoms with van der Waals surface area (Å²) in [6.45, 7) is 7.86. The van der Waals surface area contributed by atoms with Gasteiger partial charge in [-0.3, -0.25) is 4.79 Å². The number of Topliss-reactive ketones (excluding diaryl/α,β-unsaturated/α-hetero) is 1. The molecule has 0 fully saturated rings. The van der Waals surface area contributed by atoms with Crippen LogP contribution in [0.4, 0.5) is 0 Å². The van der Waals surface area contributed by atoms with Gasteiger partial charge in [0.2, 0.25) is 0 Å². The molecule has 2 heteroatoms. The van der Waals surface area contributed by atoms with E-state index in [0.29, 0.717) is 5.69 Å². The molecule has 1 aromatic heterocycles. The zero-order valence-electron chi connectivity index (χ0n) is 10.4. The molecule has 1 aromatic carbocycles. The third-order valence-corrected chi connectivity index (χ3v) is 2.16. The first-order chi connectivity index (χ1) is 7.58. The van der Waals surface area contributed by atoms with E-state index in [9.17, 15) is 4.79 Å². The summed E-state index contributed by atoms with van der Waals surface area (Å²) >= 11 is 0. The summed E-state index contributed by atoms with van der Waals surface area (Å²) in [5, 5.41) is 1.10. The average Bonchev–Trinajstić information content (AvgIpc) is 2.61. The van der Waals surface area contributed by atoms with E-state index in [1.54, 1.807) is 6.92 Å². The first-order valence-electron chi connectivity index (χ1n) is 5.68. The van der Waals surface area contributed by atoms with Gasteiger partial charge in [0.25, 0.3) is 0 Å². The largest absolute Gasteiger partial charge is 0.352 e. The highest BCUT2D eigenvalue weighted by Gasteiger charge is 2.03. The van der Waals surface area contributed by atoms with Crippen LogP contribution in [-0.2, 0) is 0 Å². The van der Waals surface area contributed by atoms with E-state index in [2.05, 4.69) is 24.9 Å². The third-order valence-electron chi connectivity index (χ3n) is 2.16. The maximum absolute atomic E-state index is 11.1. The van der Waals surface area contributed by atoms with Gasteiger partial charge < -0.3 is 4.98 Å². The minimum absolute atomic E-state index is 0. The van der Waals surface area contributed by atoms with Crippen molar-refractivity contribution in [3.63, 3.8) is 0 Å². The van der Waals surface area contributed by atoms with E-state index in [1.807, 2.05) is 25.1 Å². The molecule has 0 aliphatic carbocycles. The highest BCUT2D eigenvalue weighted by Crippen LogP contribution is 2.16. The van der Waals surface area contributed by atoms with Crippen LogP contribution in [0.15, 0.2) is 24.3 Å². The number of aryl methyl sites for hydroxylation is 1. The maximum Gasteiger partial charge on any atom is 0.175 e. The Morgan fingerprint density at radius 3 is 2.50 bits per heavy atom. The zero-order chi connectivity index (χ0) is 12.1. The van der Waals surface area contributed by atoms with Gasteiger partial charge in [0, 0.05) is 19.3 Å². The molecule has 0 bridgehead atoms. The Kier molecular flexibility index (Phi) is 4.29. The third kappa shape index (κ3) is 2.96. The lowest BCUT2D eigenvalue weighted by Crippen LogP contribution is -1.89. The number of benzene rings is 1. The lowest BCUT2D eigenvalue weighted by molar-refractivity contribution is 0.101. The number of H-pyrrole nitrogens is 1. The molecule has 0 aliphatic rings. The van der Waals surface area contributed by atoms with Crippen LogP contribution in [0.3, 0.4) is 0 Å². The van der Waals surface area contributed by atoms with Gasteiger partial charge in [-0.05, 0) is 25.1 Å². The predicted octanol–water partition coefficient (Wildman–Crippen LogP) is 4.34. The second-order valence-corrected chi connectivity index (χ2v) is 4.04. The Bertz CT molecular complexity index is 488. The number of fused-ring (bicyclic) bond motifs is 1. The van der Waals surface area contributed by atoms with Crippen LogP contribution >= 0.6 is 0 Å². The number of hydrogen-bond acceptors (Lipinski definition) is 1. The molecule has 2 rings (SSSR count). The van der Waals surface area contributed by atoms with Crippen molar-refractivity contribution >= 4 is 16.7 Å². The summed E-state index contributed by atoms with van der Waals surface area (Å²) in [6.07, 6.45) is 1.25. The lowest BCUT2D eigenvalue weighted by Gasteiger charge is -1.90. The Morgan fingerprint density at radius 2 is 1.94 bits per heavy atom. The van der Waals surface area contributed by atoms with E-state index in [4.69, 9.17) is 0 Å².